The van der Waals surface area contributed by atoms with Gasteiger partial charge in [0.15, 0.2) is 0 Å². The molecule has 0 aliphatic carbocycles. The molecule has 0 aromatic heterocycles. The third kappa shape index (κ3) is 9.99. The Morgan fingerprint density at radius 3 is 0.750 bits per heavy atom. The molecule has 0 amide bonds. The van der Waals surface area contributed by atoms with Crippen molar-refractivity contribution in [2.24, 2.45) is 0 Å². The van der Waals surface area contributed by atoms with Crippen molar-refractivity contribution < 1.29 is 50.2 Å². The van der Waals surface area contributed by atoms with Gasteiger partial charge in [-0.25, -0.2) is 0 Å². The molecule has 2 nitrogen and oxygen atoms in total. The van der Waals surface area contributed by atoms with E-state index in [-0.39, 0.29) is 56.4 Å². The average molecular weight is 251 g/mol. The zero-order valence-corrected chi connectivity index (χ0v) is 4.77. The molecule has 0 spiro atoms. The Morgan fingerprint density at radius 2 is 0.750 bits per heavy atom. The maximum atomic E-state index is 0. The van der Waals surface area contributed by atoms with Crippen LogP contribution in [0.2, 0.25) is 0 Å². The van der Waals surface area contributed by atoms with E-state index in [0.717, 1.165) is 0 Å². The van der Waals surface area contributed by atoms with Crippen LogP contribution < -0.4 is 6.15 Å². The summed E-state index contributed by atoms with van der Waals surface area (Å²) in [5.41, 5.74) is 0. The Labute approximate surface area is 56.3 Å². The Balaban J connectivity index is 0. The molecule has 0 unspecified atom stereocenters. The summed E-state index contributed by atoms with van der Waals surface area (Å²) in [6.45, 7) is 0. The SMILES string of the molecule is N.O.[Ag].[Ag]. The van der Waals surface area contributed by atoms with Gasteiger partial charge in [0.2, 0.25) is 0 Å². The third-order valence-corrected chi connectivity index (χ3v) is 0. The van der Waals surface area contributed by atoms with Gasteiger partial charge in [-0.2, -0.15) is 0 Å². The van der Waals surface area contributed by atoms with E-state index in [1.807, 2.05) is 0 Å². The van der Waals surface area contributed by atoms with Crippen LogP contribution in [0.3, 0.4) is 0 Å². The molecular formula is H5Ag2NO. The summed E-state index contributed by atoms with van der Waals surface area (Å²) < 4.78 is 0. The second kappa shape index (κ2) is 25.9. The van der Waals surface area contributed by atoms with E-state index >= 15 is 0 Å². The van der Waals surface area contributed by atoms with Crippen LogP contribution in [0.1, 0.15) is 0 Å². The van der Waals surface area contributed by atoms with Gasteiger partial charge >= 0.3 is 0 Å². The summed E-state index contributed by atoms with van der Waals surface area (Å²) in [5, 5.41) is 0. The van der Waals surface area contributed by atoms with Crippen LogP contribution in [0.5, 0.6) is 0 Å². The Kier molecular flexibility index (Phi) is 346. The van der Waals surface area contributed by atoms with E-state index < -0.39 is 0 Å². The second-order valence-electron chi connectivity index (χ2n) is 0. The van der Waals surface area contributed by atoms with Crippen molar-refractivity contribution >= 4 is 0 Å². The van der Waals surface area contributed by atoms with Crippen molar-refractivity contribution in [1.82, 2.24) is 6.15 Å². The summed E-state index contributed by atoms with van der Waals surface area (Å²) in [6, 6.07) is 0. The normalized spacial score (nSPS) is 0. The van der Waals surface area contributed by atoms with Gasteiger partial charge in [-0.1, -0.05) is 0 Å². The number of hydrogen-bond donors (Lipinski definition) is 1. The van der Waals surface area contributed by atoms with Crippen molar-refractivity contribution in [3.63, 3.8) is 0 Å². The minimum absolute atomic E-state index is 0. The van der Waals surface area contributed by atoms with Crippen LogP contribution in [0.4, 0.5) is 0 Å². The van der Waals surface area contributed by atoms with Crippen molar-refractivity contribution in [2.45, 2.75) is 0 Å². The first-order valence-corrected chi connectivity index (χ1v) is 0. The summed E-state index contributed by atoms with van der Waals surface area (Å²) in [4.78, 5) is 0. The second-order valence-corrected chi connectivity index (χ2v) is 0. The minimum atomic E-state index is 0. The van der Waals surface area contributed by atoms with E-state index in [9.17, 15) is 0 Å². The maximum Gasteiger partial charge on any atom is 0 e. The molecule has 38 valence electrons. The molecule has 4 heteroatoms. The first kappa shape index (κ1) is 53.3. The molecule has 0 saturated carbocycles. The standard InChI is InChI=1S/2Ag.H3N.H2O/h;;1H3;1H2. The van der Waals surface area contributed by atoms with Gasteiger partial charge in [0, 0.05) is 44.8 Å². The van der Waals surface area contributed by atoms with Crippen LogP contribution >= 0.6 is 0 Å². The predicted molar refractivity (Wildman–Crippen MR) is 8.64 cm³/mol. The van der Waals surface area contributed by atoms with Crippen LogP contribution in [0.15, 0.2) is 0 Å². The average Bonchev–Trinajstić information content (AvgIpc) is 0. The number of hydrogen-bond acceptors (Lipinski definition) is 1. The Morgan fingerprint density at radius 1 is 0.750 bits per heavy atom. The van der Waals surface area contributed by atoms with E-state index in [4.69, 9.17) is 0 Å². The van der Waals surface area contributed by atoms with Crippen LogP contribution in [-0.2, 0) is 44.8 Å². The molecule has 0 rings (SSSR count). The monoisotopic (exact) mass is 249 g/mol. The molecule has 0 bridgehead atoms. The van der Waals surface area contributed by atoms with Crippen LogP contribution in [0, 0.1) is 0 Å². The fraction of sp³-hybridized carbons (Fsp3) is 0. The topological polar surface area (TPSA) is 66.5 Å². The first-order chi connectivity index (χ1) is 0. The molecule has 0 saturated heterocycles. The van der Waals surface area contributed by atoms with Crippen molar-refractivity contribution in [3.05, 3.63) is 0 Å². The van der Waals surface area contributed by atoms with Gasteiger partial charge in [0.25, 0.3) is 0 Å². The van der Waals surface area contributed by atoms with E-state index in [1.54, 1.807) is 0 Å². The number of rotatable bonds is 0. The Bertz CT molecular complexity index is 6.00. The van der Waals surface area contributed by atoms with Crippen molar-refractivity contribution in [3.8, 4) is 0 Å². The largest absolute Gasteiger partial charge is 0.412 e. The zero-order chi connectivity index (χ0) is 0. The first-order valence-electron chi connectivity index (χ1n) is 0. The van der Waals surface area contributed by atoms with Crippen molar-refractivity contribution in [1.29, 1.82) is 0 Å². The smallest absolute Gasteiger partial charge is 0 e. The molecule has 2 radical (unpaired) electrons. The molecule has 5 N–H and O–H groups in total. The summed E-state index contributed by atoms with van der Waals surface area (Å²) in [5.74, 6) is 0. The summed E-state index contributed by atoms with van der Waals surface area (Å²) in [7, 11) is 0. The minimum Gasteiger partial charge on any atom is -0.412 e. The van der Waals surface area contributed by atoms with Crippen LogP contribution in [-0.4, -0.2) is 5.48 Å². The third-order valence-electron chi connectivity index (χ3n) is 0. The van der Waals surface area contributed by atoms with Gasteiger partial charge in [0.1, 0.15) is 0 Å². The molecule has 0 aliphatic heterocycles. The molecular weight excluding hydrogens is 246 g/mol. The maximum absolute atomic E-state index is 0. The van der Waals surface area contributed by atoms with Gasteiger partial charge in [-0.15, -0.1) is 0 Å². The van der Waals surface area contributed by atoms with Crippen molar-refractivity contribution in [2.75, 3.05) is 0 Å². The van der Waals surface area contributed by atoms with Gasteiger partial charge in [-0.3, -0.25) is 0 Å². The Hall–Kier alpha value is 1.40. The van der Waals surface area contributed by atoms with E-state index in [1.165, 1.54) is 0 Å². The molecule has 0 fully saturated rings. The van der Waals surface area contributed by atoms with E-state index in [2.05, 4.69) is 0 Å². The van der Waals surface area contributed by atoms with Gasteiger partial charge in [0.05, 0.1) is 0 Å². The summed E-state index contributed by atoms with van der Waals surface area (Å²) in [6.07, 6.45) is 0. The zero-order valence-electron chi connectivity index (χ0n) is 1.81. The predicted octanol–water partition coefficient (Wildman–Crippen LogP) is -0.668. The molecule has 0 aromatic rings. The van der Waals surface area contributed by atoms with Crippen LogP contribution in [0.25, 0.3) is 0 Å². The fourth-order valence-electron chi connectivity index (χ4n) is 0. The van der Waals surface area contributed by atoms with Gasteiger partial charge in [-0.05, 0) is 0 Å². The quantitative estimate of drug-likeness (QED) is 0.570. The molecule has 0 aromatic carbocycles. The van der Waals surface area contributed by atoms with Gasteiger partial charge < -0.3 is 11.6 Å². The fourth-order valence-corrected chi connectivity index (χ4v) is 0. The molecule has 0 atom stereocenters. The summed E-state index contributed by atoms with van der Waals surface area (Å²) >= 11 is 0. The molecule has 0 aliphatic rings. The van der Waals surface area contributed by atoms with E-state index in [0.29, 0.717) is 0 Å². The molecule has 4 heavy (non-hydrogen) atoms. The molecule has 0 heterocycles.